The van der Waals surface area contributed by atoms with Crippen LogP contribution in [0.1, 0.15) is 17.5 Å². The molecule has 1 aromatic heterocycles. The highest BCUT2D eigenvalue weighted by Crippen LogP contribution is 2.32. The Kier molecular flexibility index (Phi) is 6.49. The Morgan fingerprint density at radius 2 is 1.87 bits per heavy atom. The maximum Gasteiger partial charge on any atom is 0.223 e. The number of aryl methyl sites for hydroxylation is 2. The molecule has 0 aliphatic carbocycles. The lowest BCUT2D eigenvalue weighted by molar-refractivity contribution is -0.131. The van der Waals surface area contributed by atoms with E-state index >= 15 is 0 Å². The molecule has 2 heterocycles. The number of amides is 1. The predicted molar refractivity (Wildman–Crippen MR) is 126 cm³/mol. The third-order valence-corrected chi connectivity index (χ3v) is 7.44. The Balaban J connectivity index is 1.27. The number of fused-ring (bicyclic) bond motifs is 1. The Hall–Kier alpha value is -2.25. The van der Waals surface area contributed by atoms with Crippen molar-refractivity contribution in [3.63, 3.8) is 0 Å². The number of hydrogen-bond donors (Lipinski definition) is 0. The lowest BCUT2D eigenvalue weighted by atomic mass is 10.1. The summed E-state index contributed by atoms with van der Waals surface area (Å²) >= 11 is 3.47. The average molecular weight is 442 g/mol. The normalized spacial score (nSPS) is 14.4. The van der Waals surface area contributed by atoms with Crippen molar-refractivity contribution in [3.8, 4) is 5.75 Å². The number of rotatable bonds is 6. The van der Waals surface area contributed by atoms with E-state index in [0.29, 0.717) is 6.42 Å². The van der Waals surface area contributed by atoms with Crippen LogP contribution < -0.4 is 9.64 Å². The number of thioether (sulfide) groups is 1. The quantitative estimate of drug-likeness (QED) is 0.517. The molecule has 2 aromatic carbocycles. The van der Waals surface area contributed by atoms with Gasteiger partial charge in [0.2, 0.25) is 5.91 Å². The van der Waals surface area contributed by atoms with Gasteiger partial charge in [-0.05, 0) is 55.3 Å². The summed E-state index contributed by atoms with van der Waals surface area (Å²) in [4.78, 5) is 23.0. The second kappa shape index (κ2) is 9.27. The molecule has 1 amide bonds. The van der Waals surface area contributed by atoms with Crippen LogP contribution in [0.2, 0.25) is 0 Å². The Morgan fingerprint density at radius 1 is 1.13 bits per heavy atom. The second-order valence-electron chi connectivity index (χ2n) is 7.57. The largest absolute Gasteiger partial charge is 0.497 e. The SMILES string of the molecule is COc1ccc(SCCC(=O)N2CCN(c3nc4c(C)cc(C)cc4s3)CC2)cc1. The van der Waals surface area contributed by atoms with E-state index in [2.05, 4.69) is 30.9 Å². The van der Waals surface area contributed by atoms with E-state index in [0.717, 1.165) is 53.2 Å². The van der Waals surface area contributed by atoms with Gasteiger partial charge in [-0.1, -0.05) is 17.4 Å². The molecule has 5 nitrogen and oxygen atoms in total. The van der Waals surface area contributed by atoms with Crippen LogP contribution in [0.15, 0.2) is 41.3 Å². The molecule has 0 N–H and O–H groups in total. The standard InChI is InChI=1S/C23H27N3O2S2/c1-16-14-17(2)22-20(15-16)30-23(24-22)26-11-9-25(10-12-26)21(27)8-13-29-19-6-4-18(28-3)5-7-19/h4-7,14-15H,8-13H2,1-3H3. The summed E-state index contributed by atoms with van der Waals surface area (Å²) in [6, 6.07) is 12.4. The first kappa shape index (κ1) is 21.0. The highest BCUT2D eigenvalue weighted by atomic mass is 32.2. The Labute approximate surface area is 186 Å². The van der Waals surface area contributed by atoms with Crippen LogP contribution in [0.25, 0.3) is 10.2 Å². The molecule has 1 fully saturated rings. The van der Waals surface area contributed by atoms with E-state index in [1.807, 2.05) is 29.2 Å². The van der Waals surface area contributed by atoms with Gasteiger partial charge in [-0.25, -0.2) is 4.98 Å². The van der Waals surface area contributed by atoms with Crippen LogP contribution in [0.5, 0.6) is 5.75 Å². The number of hydrogen-bond acceptors (Lipinski definition) is 6. The van der Waals surface area contributed by atoms with Crippen molar-refractivity contribution in [3.05, 3.63) is 47.5 Å². The zero-order chi connectivity index (χ0) is 21.1. The molecule has 1 saturated heterocycles. The van der Waals surface area contributed by atoms with E-state index in [-0.39, 0.29) is 5.91 Å². The molecule has 0 saturated carbocycles. The molecule has 158 valence electrons. The predicted octanol–water partition coefficient (Wildman–Crippen LogP) is 4.75. The van der Waals surface area contributed by atoms with Gasteiger partial charge in [-0.2, -0.15) is 0 Å². The summed E-state index contributed by atoms with van der Waals surface area (Å²) in [5.41, 5.74) is 3.61. The fourth-order valence-electron chi connectivity index (χ4n) is 3.73. The number of ether oxygens (including phenoxy) is 1. The minimum Gasteiger partial charge on any atom is -0.497 e. The van der Waals surface area contributed by atoms with Crippen LogP contribution in [-0.4, -0.2) is 54.8 Å². The number of carbonyl (C=O) groups excluding carboxylic acids is 1. The molecule has 4 rings (SSSR count). The monoisotopic (exact) mass is 441 g/mol. The number of carbonyl (C=O) groups is 1. The van der Waals surface area contributed by atoms with Crippen LogP contribution >= 0.6 is 23.1 Å². The zero-order valence-corrected chi connectivity index (χ0v) is 19.3. The van der Waals surface area contributed by atoms with Crippen LogP contribution in [-0.2, 0) is 4.79 Å². The van der Waals surface area contributed by atoms with Crippen molar-refractivity contribution in [2.24, 2.45) is 0 Å². The number of nitrogens with zero attached hydrogens (tertiary/aromatic N) is 3. The van der Waals surface area contributed by atoms with E-state index in [4.69, 9.17) is 9.72 Å². The molecular formula is C23H27N3O2S2. The van der Waals surface area contributed by atoms with Gasteiger partial charge >= 0.3 is 0 Å². The van der Waals surface area contributed by atoms with Crippen molar-refractivity contribution in [2.45, 2.75) is 25.2 Å². The first-order chi connectivity index (χ1) is 14.5. The molecule has 0 bridgehead atoms. The number of methoxy groups -OCH3 is 1. The summed E-state index contributed by atoms with van der Waals surface area (Å²) in [7, 11) is 1.67. The number of aromatic nitrogens is 1. The van der Waals surface area contributed by atoms with Gasteiger partial charge < -0.3 is 14.5 Å². The van der Waals surface area contributed by atoms with Crippen molar-refractivity contribution < 1.29 is 9.53 Å². The highest BCUT2D eigenvalue weighted by Gasteiger charge is 2.23. The molecule has 30 heavy (non-hydrogen) atoms. The molecule has 0 atom stereocenters. The number of anilines is 1. The molecule has 1 aliphatic heterocycles. The highest BCUT2D eigenvalue weighted by molar-refractivity contribution is 7.99. The first-order valence-corrected chi connectivity index (χ1v) is 12.0. The van der Waals surface area contributed by atoms with Gasteiger partial charge in [0.15, 0.2) is 5.13 Å². The van der Waals surface area contributed by atoms with Crippen LogP contribution in [0, 0.1) is 13.8 Å². The van der Waals surface area contributed by atoms with E-state index < -0.39 is 0 Å². The lowest BCUT2D eigenvalue weighted by Gasteiger charge is -2.34. The summed E-state index contributed by atoms with van der Waals surface area (Å²) < 4.78 is 6.43. The maximum atomic E-state index is 12.6. The van der Waals surface area contributed by atoms with Gasteiger partial charge in [0, 0.05) is 43.2 Å². The maximum absolute atomic E-state index is 12.6. The van der Waals surface area contributed by atoms with E-state index in [1.165, 1.54) is 15.8 Å². The van der Waals surface area contributed by atoms with Gasteiger partial charge in [0.05, 0.1) is 17.3 Å². The number of thiazole rings is 1. The Morgan fingerprint density at radius 3 is 2.57 bits per heavy atom. The van der Waals surface area contributed by atoms with Gasteiger partial charge in [-0.15, -0.1) is 11.8 Å². The van der Waals surface area contributed by atoms with Crippen molar-refractivity contribution in [1.82, 2.24) is 9.88 Å². The molecule has 0 unspecified atom stereocenters. The van der Waals surface area contributed by atoms with Crippen molar-refractivity contribution in [2.75, 3.05) is 43.9 Å². The molecular weight excluding hydrogens is 414 g/mol. The molecule has 7 heteroatoms. The first-order valence-electron chi connectivity index (χ1n) is 10.2. The summed E-state index contributed by atoms with van der Waals surface area (Å²) in [6.07, 6.45) is 0.566. The van der Waals surface area contributed by atoms with Gasteiger partial charge in [0.1, 0.15) is 5.75 Å². The van der Waals surface area contributed by atoms with Crippen LogP contribution in [0.4, 0.5) is 5.13 Å². The third-order valence-electron chi connectivity index (χ3n) is 5.37. The van der Waals surface area contributed by atoms with E-state index in [9.17, 15) is 4.79 Å². The fraction of sp³-hybridized carbons (Fsp3) is 0.391. The lowest BCUT2D eigenvalue weighted by Crippen LogP contribution is -2.48. The second-order valence-corrected chi connectivity index (χ2v) is 9.74. The van der Waals surface area contributed by atoms with Crippen molar-refractivity contribution >= 4 is 44.4 Å². The smallest absolute Gasteiger partial charge is 0.223 e. The minimum absolute atomic E-state index is 0.242. The van der Waals surface area contributed by atoms with Gasteiger partial charge in [0.25, 0.3) is 0 Å². The summed E-state index contributed by atoms with van der Waals surface area (Å²) in [5, 5.41) is 1.07. The minimum atomic E-state index is 0.242. The zero-order valence-electron chi connectivity index (χ0n) is 17.7. The molecule has 0 radical (unpaired) electrons. The van der Waals surface area contributed by atoms with Gasteiger partial charge in [-0.3, -0.25) is 4.79 Å². The topological polar surface area (TPSA) is 45.7 Å². The fourth-order valence-corrected chi connectivity index (χ4v) is 5.76. The summed E-state index contributed by atoms with van der Waals surface area (Å²) in [5.74, 6) is 1.89. The number of piperazine rings is 1. The molecule has 1 aliphatic rings. The molecule has 3 aromatic rings. The Bertz CT molecular complexity index is 1020. The van der Waals surface area contributed by atoms with Crippen LogP contribution in [0.3, 0.4) is 0 Å². The van der Waals surface area contributed by atoms with Crippen molar-refractivity contribution in [1.29, 1.82) is 0 Å². The summed E-state index contributed by atoms with van der Waals surface area (Å²) in [6.45, 7) is 7.47. The third kappa shape index (κ3) is 4.73. The average Bonchev–Trinajstić information content (AvgIpc) is 3.19. The molecule has 0 spiro atoms. The number of benzene rings is 2. The van der Waals surface area contributed by atoms with E-state index in [1.54, 1.807) is 30.2 Å².